The minimum atomic E-state index is -0.439. The Balaban J connectivity index is 1.44. The molecule has 7 heteroatoms. The number of rotatable bonds is 7. The van der Waals surface area contributed by atoms with E-state index in [4.69, 9.17) is 14.4 Å². The second kappa shape index (κ2) is 10.1. The van der Waals surface area contributed by atoms with E-state index < -0.39 is 5.91 Å². The van der Waals surface area contributed by atoms with Crippen LogP contribution in [0.1, 0.15) is 5.76 Å². The molecule has 32 heavy (non-hydrogen) atoms. The Morgan fingerprint density at radius 2 is 1.91 bits per heavy atom. The fourth-order valence-corrected chi connectivity index (χ4v) is 3.70. The summed E-state index contributed by atoms with van der Waals surface area (Å²) in [5, 5.41) is 17.3. The van der Waals surface area contributed by atoms with Crippen LogP contribution in [0, 0.1) is 11.3 Å². The van der Waals surface area contributed by atoms with E-state index in [9.17, 15) is 4.79 Å². The SMILES string of the molecule is CNC(=O)/C(C#N)=C/c1ccc(-c2ccc3cc(NCCN4CCOCC4)ccc3c2)o1. The first-order valence-electron chi connectivity index (χ1n) is 10.7. The zero-order valence-electron chi connectivity index (χ0n) is 18.1. The highest BCUT2D eigenvalue weighted by Crippen LogP contribution is 2.28. The molecule has 0 bridgehead atoms. The van der Waals surface area contributed by atoms with Crippen LogP contribution in [-0.2, 0) is 9.53 Å². The lowest BCUT2D eigenvalue weighted by atomic mass is 10.0. The lowest BCUT2D eigenvalue weighted by Gasteiger charge is -2.26. The topological polar surface area (TPSA) is 90.5 Å². The van der Waals surface area contributed by atoms with Crippen molar-refractivity contribution in [2.24, 2.45) is 0 Å². The number of amides is 1. The first-order valence-corrected chi connectivity index (χ1v) is 10.7. The lowest BCUT2D eigenvalue weighted by molar-refractivity contribution is -0.116. The van der Waals surface area contributed by atoms with E-state index in [0.717, 1.165) is 61.4 Å². The molecule has 0 atom stereocenters. The number of anilines is 1. The van der Waals surface area contributed by atoms with E-state index in [1.54, 1.807) is 6.07 Å². The van der Waals surface area contributed by atoms with Crippen LogP contribution in [0.25, 0.3) is 28.2 Å². The molecule has 1 saturated heterocycles. The Hall–Kier alpha value is -3.60. The zero-order chi connectivity index (χ0) is 22.3. The minimum Gasteiger partial charge on any atom is -0.457 e. The number of furan rings is 1. The molecule has 1 amide bonds. The number of benzene rings is 2. The van der Waals surface area contributed by atoms with Gasteiger partial charge in [0.15, 0.2) is 0 Å². The zero-order valence-corrected chi connectivity index (χ0v) is 18.1. The maximum absolute atomic E-state index is 11.7. The molecule has 0 unspecified atom stereocenters. The number of fused-ring (bicyclic) bond motifs is 1. The quantitative estimate of drug-likeness (QED) is 0.440. The van der Waals surface area contributed by atoms with Crippen molar-refractivity contribution in [1.82, 2.24) is 10.2 Å². The highest BCUT2D eigenvalue weighted by atomic mass is 16.5. The maximum Gasteiger partial charge on any atom is 0.261 e. The van der Waals surface area contributed by atoms with Gasteiger partial charge in [-0.25, -0.2) is 0 Å². The highest BCUT2D eigenvalue weighted by molar-refractivity contribution is 6.01. The van der Waals surface area contributed by atoms with Crippen LogP contribution in [0.2, 0.25) is 0 Å². The van der Waals surface area contributed by atoms with Gasteiger partial charge in [0.25, 0.3) is 5.91 Å². The van der Waals surface area contributed by atoms with Crippen molar-refractivity contribution >= 4 is 28.4 Å². The third-order valence-electron chi connectivity index (χ3n) is 5.49. The fourth-order valence-electron chi connectivity index (χ4n) is 3.70. The molecule has 164 valence electrons. The number of carbonyl (C=O) groups excluding carboxylic acids is 1. The molecule has 4 rings (SSSR count). The first-order chi connectivity index (χ1) is 15.7. The van der Waals surface area contributed by atoms with Gasteiger partial charge < -0.3 is 19.8 Å². The van der Waals surface area contributed by atoms with E-state index >= 15 is 0 Å². The summed E-state index contributed by atoms with van der Waals surface area (Å²) in [6.07, 6.45) is 1.44. The van der Waals surface area contributed by atoms with E-state index in [1.165, 1.54) is 13.1 Å². The van der Waals surface area contributed by atoms with Crippen LogP contribution in [-0.4, -0.2) is 57.2 Å². The molecule has 2 heterocycles. The van der Waals surface area contributed by atoms with Crippen molar-refractivity contribution in [3.05, 3.63) is 59.9 Å². The summed E-state index contributed by atoms with van der Waals surface area (Å²) in [7, 11) is 1.49. The van der Waals surface area contributed by atoms with Gasteiger partial charge in [-0.15, -0.1) is 0 Å². The third-order valence-corrected chi connectivity index (χ3v) is 5.49. The predicted octanol–water partition coefficient (Wildman–Crippen LogP) is 3.50. The van der Waals surface area contributed by atoms with E-state index in [0.29, 0.717) is 11.5 Å². The molecule has 0 spiro atoms. The van der Waals surface area contributed by atoms with Gasteiger partial charge in [0, 0.05) is 50.6 Å². The molecule has 2 N–H and O–H groups in total. The second-order valence-corrected chi connectivity index (χ2v) is 7.61. The summed E-state index contributed by atoms with van der Waals surface area (Å²) in [5.74, 6) is 0.700. The average molecular weight is 431 g/mol. The van der Waals surface area contributed by atoms with Crippen LogP contribution in [0.5, 0.6) is 0 Å². The normalized spacial score (nSPS) is 14.8. The van der Waals surface area contributed by atoms with Gasteiger partial charge in [-0.2, -0.15) is 5.26 Å². The molecule has 3 aromatic rings. The lowest BCUT2D eigenvalue weighted by Crippen LogP contribution is -2.38. The Bertz CT molecular complexity index is 1170. The number of hydrogen-bond acceptors (Lipinski definition) is 6. The molecule has 1 aliphatic rings. The van der Waals surface area contributed by atoms with Crippen molar-refractivity contribution < 1.29 is 13.9 Å². The second-order valence-electron chi connectivity index (χ2n) is 7.61. The van der Waals surface area contributed by atoms with E-state index in [2.05, 4.69) is 45.9 Å². The van der Waals surface area contributed by atoms with Gasteiger partial charge in [-0.1, -0.05) is 18.2 Å². The summed E-state index contributed by atoms with van der Waals surface area (Å²) in [6, 6.07) is 18.0. The number of nitriles is 1. The number of hydrogen-bond donors (Lipinski definition) is 2. The summed E-state index contributed by atoms with van der Waals surface area (Å²) < 4.78 is 11.2. The van der Waals surface area contributed by atoms with Crippen molar-refractivity contribution in [2.45, 2.75) is 0 Å². The van der Waals surface area contributed by atoms with Gasteiger partial charge >= 0.3 is 0 Å². The van der Waals surface area contributed by atoms with Gasteiger partial charge in [0.1, 0.15) is 23.2 Å². The monoisotopic (exact) mass is 430 g/mol. The Labute approximate surface area is 187 Å². The molecule has 7 nitrogen and oxygen atoms in total. The Morgan fingerprint density at radius 3 is 2.69 bits per heavy atom. The molecule has 1 aliphatic heterocycles. The summed E-state index contributed by atoms with van der Waals surface area (Å²) in [6.45, 7) is 5.53. The van der Waals surface area contributed by atoms with Crippen LogP contribution in [0.4, 0.5) is 5.69 Å². The van der Waals surface area contributed by atoms with Gasteiger partial charge in [0.05, 0.1) is 13.2 Å². The van der Waals surface area contributed by atoms with Gasteiger partial charge in [-0.3, -0.25) is 9.69 Å². The molecule has 1 aromatic heterocycles. The molecule has 2 aromatic carbocycles. The maximum atomic E-state index is 11.7. The standard InChI is InChI=1S/C25H26N4O3/c1-27-25(30)21(17-26)16-23-6-7-24(32-23)20-3-2-19-15-22(5-4-18(19)14-20)28-8-9-29-10-12-31-13-11-29/h2-7,14-16,28H,8-13H2,1H3,(H,27,30)/b21-16+. The molecule has 1 fully saturated rings. The number of carbonyl (C=O) groups is 1. The Kier molecular flexibility index (Phi) is 6.85. The third kappa shape index (κ3) is 5.17. The summed E-state index contributed by atoms with van der Waals surface area (Å²) in [5.41, 5.74) is 2.03. The van der Waals surface area contributed by atoms with Crippen LogP contribution in [0.15, 0.2) is 58.5 Å². The van der Waals surface area contributed by atoms with Crippen molar-refractivity contribution in [1.29, 1.82) is 5.26 Å². The van der Waals surface area contributed by atoms with Gasteiger partial charge in [-0.05, 0) is 41.1 Å². The van der Waals surface area contributed by atoms with Crippen molar-refractivity contribution in [3.8, 4) is 17.4 Å². The van der Waals surface area contributed by atoms with E-state index in [-0.39, 0.29) is 5.57 Å². The summed E-state index contributed by atoms with van der Waals surface area (Å²) in [4.78, 5) is 14.1. The average Bonchev–Trinajstić information content (AvgIpc) is 3.31. The van der Waals surface area contributed by atoms with Gasteiger partial charge in [0.2, 0.25) is 0 Å². The smallest absolute Gasteiger partial charge is 0.261 e. The fraction of sp³-hybridized carbons (Fsp3) is 0.280. The molecular formula is C25H26N4O3. The minimum absolute atomic E-state index is 0.000519. The number of nitrogens with zero attached hydrogens (tertiary/aromatic N) is 2. The highest BCUT2D eigenvalue weighted by Gasteiger charge is 2.11. The van der Waals surface area contributed by atoms with Crippen LogP contribution >= 0.6 is 0 Å². The number of nitrogens with one attached hydrogen (secondary N) is 2. The van der Waals surface area contributed by atoms with E-state index in [1.807, 2.05) is 18.2 Å². The number of morpholine rings is 1. The first kappa shape index (κ1) is 21.6. The van der Waals surface area contributed by atoms with Crippen molar-refractivity contribution in [2.75, 3.05) is 51.8 Å². The molecule has 0 aliphatic carbocycles. The van der Waals surface area contributed by atoms with Crippen LogP contribution in [0.3, 0.4) is 0 Å². The Morgan fingerprint density at radius 1 is 1.12 bits per heavy atom. The van der Waals surface area contributed by atoms with Crippen LogP contribution < -0.4 is 10.6 Å². The predicted molar refractivity (Wildman–Crippen MR) is 125 cm³/mol. The molecular weight excluding hydrogens is 404 g/mol. The summed E-state index contributed by atoms with van der Waals surface area (Å²) >= 11 is 0. The molecule has 0 radical (unpaired) electrons. The molecule has 0 saturated carbocycles. The number of ether oxygens (including phenoxy) is 1. The number of likely N-dealkylation sites (N-methyl/N-ethyl adjacent to an activating group) is 1. The largest absolute Gasteiger partial charge is 0.457 e. The van der Waals surface area contributed by atoms with Crippen molar-refractivity contribution in [3.63, 3.8) is 0 Å².